The van der Waals surface area contributed by atoms with Gasteiger partial charge in [0.05, 0.1) is 11.3 Å². The van der Waals surface area contributed by atoms with Gasteiger partial charge < -0.3 is 0 Å². The molecule has 0 aliphatic rings. The first-order chi connectivity index (χ1) is 5.61. The summed E-state index contributed by atoms with van der Waals surface area (Å²) >= 11 is 1.79. The molecule has 0 amide bonds. The lowest BCUT2D eigenvalue weighted by Gasteiger charge is -2.17. The zero-order chi connectivity index (χ0) is 9.56. The van der Waals surface area contributed by atoms with Crippen LogP contribution in [0.5, 0.6) is 0 Å². The zero-order valence-electron chi connectivity index (χ0n) is 8.50. The fraction of sp³-hybridized carbons (Fsp3) is 0.900. The average Bonchev–Trinajstić information content (AvgIpc) is 2.00. The van der Waals surface area contributed by atoms with E-state index in [4.69, 9.17) is 5.26 Å². The molecule has 1 nitrogen and oxygen atoms in total. The summed E-state index contributed by atoms with van der Waals surface area (Å²) in [5, 5.41) is 9.65. The van der Waals surface area contributed by atoms with Crippen molar-refractivity contribution >= 4 is 11.8 Å². The van der Waals surface area contributed by atoms with Gasteiger partial charge in [-0.1, -0.05) is 34.1 Å². The van der Waals surface area contributed by atoms with Crippen molar-refractivity contribution in [3.05, 3.63) is 0 Å². The van der Waals surface area contributed by atoms with Crippen molar-refractivity contribution in [2.24, 2.45) is 5.92 Å². The summed E-state index contributed by atoms with van der Waals surface area (Å²) < 4.78 is 0. The van der Waals surface area contributed by atoms with E-state index in [1.54, 1.807) is 11.8 Å². The SMILES string of the molecule is CCCC(C)C(C#N)SC(C)C. The van der Waals surface area contributed by atoms with Gasteiger partial charge in [0, 0.05) is 5.25 Å². The molecule has 0 spiro atoms. The average molecular weight is 185 g/mol. The lowest BCUT2D eigenvalue weighted by molar-refractivity contribution is 0.546. The molecular formula is C10H19NS. The highest BCUT2D eigenvalue weighted by Gasteiger charge is 2.17. The zero-order valence-corrected chi connectivity index (χ0v) is 9.32. The molecule has 0 rings (SSSR count). The number of hydrogen-bond donors (Lipinski definition) is 0. The molecule has 12 heavy (non-hydrogen) atoms. The number of nitrogens with zero attached hydrogens (tertiary/aromatic N) is 1. The van der Waals surface area contributed by atoms with Crippen LogP contribution in [-0.2, 0) is 0 Å². The molecule has 0 heterocycles. The quantitative estimate of drug-likeness (QED) is 0.655. The predicted octanol–water partition coefficient (Wildman–Crippen LogP) is 3.46. The Kier molecular flexibility index (Phi) is 6.28. The molecule has 0 aromatic heterocycles. The first kappa shape index (κ1) is 11.8. The molecular weight excluding hydrogens is 166 g/mol. The summed E-state index contributed by atoms with van der Waals surface area (Å²) in [4.78, 5) is 0. The normalized spacial score (nSPS) is 15.7. The smallest absolute Gasteiger partial charge is 0.0944 e. The van der Waals surface area contributed by atoms with Crippen molar-refractivity contribution in [3.8, 4) is 6.07 Å². The molecule has 0 aromatic rings. The molecule has 2 heteroatoms. The third-order valence-corrected chi connectivity index (χ3v) is 3.21. The predicted molar refractivity (Wildman–Crippen MR) is 56.2 cm³/mol. The lowest BCUT2D eigenvalue weighted by atomic mass is 10.0. The maximum absolute atomic E-state index is 8.90. The topological polar surface area (TPSA) is 23.8 Å². The van der Waals surface area contributed by atoms with Gasteiger partial charge in [-0.15, -0.1) is 11.8 Å². The van der Waals surface area contributed by atoms with Gasteiger partial charge in [0.2, 0.25) is 0 Å². The molecule has 0 saturated heterocycles. The Morgan fingerprint density at radius 2 is 1.92 bits per heavy atom. The first-order valence-corrected chi connectivity index (χ1v) is 5.61. The van der Waals surface area contributed by atoms with Crippen LogP contribution in [0.2, 0.25) is 0 Å². The number of nitriles is 1. The molecule has 2 atom stereocenters. The van der Waals surface area contributed by atoms with Crippen molar-refractivity contribution in [2.75, 3.05) is 0 Å². The third-order valence-electron chi connectivity index (χ3n) is 1.81. The van der Waals surface area contributed by atoms with Gasteiger partial charge in [0.15, 0.2) is 0 Å². The van der Waals surface area contributed by atoms with Crippen LogP contribution in [0, 0.1) is 17.2 Å². The summed E-state index contributed by atoms with van der Waals surface area (Å²) in [7, 11) is 0. The Labute approximate surface area is 80.5 Å². The van der Waals surface area contributed by atoms with E-state index in [0.29, 0.717) is 11.2 Å². The van der Waals surface area contributed by atoms with Gasteiger partial charge >= 0.3 is 0 Å². The van der Waals surface area contributed by atoms with Crippen molar-refractivity contribution in [1.82, 2.24) is 0 Å². The Hall–Kier alpha value is -0.160. The van der Waals surface area contributed by atoms with Gasteiger partial charge in [-0.3, -0.25) is 0 Å². The van der Waals surface area contributed by atoms with Crippen molar-refractivity contribution in [3.63, 3.8) is 0 Å². The maximum Gasteiger partial charge on any atom is 0.0944 e. The molecule has 0 radical (unpaired) electrons. The van der Waals surface area contributed by atoms with E-state index in [-0.39, 0.29) is 5.25 Å². The number of rotatable bonds is 5. The molecule has 0 saturated carbocycles. The summed E-state index contributed by atoms with van der Waals surface area (Å²) in [5.74, 6) is 0.535. The Bertz CT molecular complexity index is 148. The summed E-state index contributed by atoms with van der Waals surface area (Å²) in [6, 6.07) is 2.38. The Balaban J connectivity index is 3.89. The highest BCUT2D eigenvalue weighted by Crippen LogP contribution is 2.25. The second-order valence-corrected chi connectivity index (χ2v) is 5.22. The van der Waals surface area contributed by atoms with E-state index in [9.17, 15) is 0 Å². The highest BCUT2D eigenvalue weighted by molar-refractivity contribution is 8.00. The van der Waals surface area contributed by atoms with Gasteiger partial charge in [-0.25, -0.2) is 0 Å². The van der Waals surface area contributed by atoms with Crippen LogP contribution < -0.4 is 0 Å². The largest absolute Gasteiger partial charge is 0.197 e. The minimum atomic E-state index is 0.185. The van der Waals surface area contributed by atoms with E-state index in [2.05, 4.69) is 33.8 Å². The van der Waals surface area contributed by atoms with Crippen LogP contribution in [0.3, 0.4) is 0 Å². The van der Waals surface area contributed by atoms with Crippen LogP contribution in [0.1, 0.15) is 40.5 Å². The van der Waals surface area contributed by atoms with Gasteiger partial charge in [0.1, 0.15) is 0 Å². The minimum Gasteiger partial charge on any atom is -0.197 e. The summed E-state index contributed by atoms with van der Waals surface area (Å²) in [6.07, 6.45) is 2.34. The maximum atomic E-state index is 8.90. The van der Waals surface area contributed by atoms with E-state index < -0.39 is 0 Å². The van der Waals surface area contributed by atoms with Crippen molar-refractivity contribution in [1.29, 1.82) is 5.26 Å². The Morgan fingerprint density at radius 1 is 1.33 bits per heavy atom. The molecule has 0 aliphatic carbocycles. The standard InChI is InChI=1S/C10H19NS/c1-5-6-9(4)10(7-11)12-8(2)3/h8-10H,5-6H2,1-4H3. The molecule has 0 N–H and O–H groups in total. The minimum absolute atomic E-state index is 0.185. The molecule has 2 unspecified atom stereocenters. The van der Waals surface area contributed by atoms with Gasteiger partial charge in [-0.2, -0.15) is 5.26 Å². The number of thioether (sulfide) groups is 1. The van der Waals surface area contributed by atoms with Crippen molar-refractivity contribution < 1.29 is 0 Å². The fourth-order valence-corrected chi connectivity index (χ4v) is 2.24. The second kappa shape index (κ2) is 6.37. The summed E-state index contributed by atoms with van der Waals surface area (Å²) in [6.45, 7) is 8.64. The van der Waals surface area contributed by atoms with Crippen LogP contribution in [0.4, 0.5) is 0 Å². The van der Waals surface area contributed by atoms with Crippen LogP contribution in [-0.4, -0.2) is 10.5 Å². The summed E-state index contributed by atoms with van der Waals surface area (Å²) in [5.41, 5.74) is 0. The van der Waals surface area contributed by atoms with E-state index in [1.165, 1.54) is 6.42 Å². The van der Waals surface area contributed by atoms with E-state index in [0.717, 1.165) is 6.42 Å². The van der Waals surface area contributed by atoms with Crippen molar-refractivity contribution in [2.45, 2.75) is 51.0 Å². The molecule has 0 bridgehead atoms. The van der Waals surface area contributed by atoms with Gasteiger partial charge in [-0.05, 0) is 12.3 Å². The highest BCUT2D eigenvalue weighted by atomic mass is 32.2. The number of hydrogen-bond acceptors (Lipinski definition) is 2. The van der Waals surface area contributed by atoms with Crippen LogP contribution >= 0.6 is 11.8 Å². The molecule has 0 fully saturated rings. The fourth-order valence-electron chi connectivity index (χ4n) is 1.19. The van der Waals surface area contributed by atoms with Gasteiger partial charge in [0.25, 0.3) is 0 Å². The van der Waals surface area contributed by atoms with E-state index in [1.807, 2.05) is 0 Å². The van der Waals surface area contributed by atoms with Crippen LogP contribution in [0.25, 0.3) is 0 Å². The molecule has 70 valence electrons. The lowest BCUT2D eigenvalue weighted by Crippen LogP contribution is -2.14. The molecule has 0 aliphatic heterocycles. The second-order valence-electron chi connectivity index (χ2n) is 3.50. The van der Waals surface area contributed by atoms with E-state index >= 15 is 0 Å². The first-order valence-electron chi connectivity index (χ1n) is 4.66. The Morgan fingerprint density at radius 3 is 2.25 bits per heavy atom. The third kappa shape index (κ3) is 4.66. The monoisotopic (exact) mass is 185 g/mol. The molecule has 0 aromatic carbocycles. The van der Waals surface area contributed by atoms with Crippen LogP contribution in [0.15, 0.2) is 0 Å².